The molecule has 3 atom stereocenters. The van der Waals surface area contributed by atoms with E-state index in [1.54, 1.807) is 17.0 Å². The minimum atomic E-state index is -4.27. The zero-order valence-corrected chi connectivity index (χ0v) is 38.2. The fraction of sp³-hybridized carbons (Fsp3) is 0.468. The highest BCUT2D eigenvalue weighted by Gasteiger charge is 2.46. The highest BCUT2D eigenvalue weighted by atomic mass is 32.2. The molecule has 5 fully saturated rings. The predicted octanol–water partition coefficient (Wildman–Crippen LogP) is 3.41. The van der Waals surface area contributed by atoms with Gasteiger partial charge in [-0.3, -0.25) is 38.6 Å². The number of aliphatic hydroxyl groups is 1. The van der Waals surface area contributed by atoms with Crippen LogP contribution in [-0.2, 0) is 35.9 Å². The van der Waals surface area contributed by atoms with Crippen LogP contribution in [0.1, 0.15) is 85.3 Å². The number of halogens is 2. The van der Waals surface area contributed by atoms with Crippen LogP contribution in [0.2, 0.25) is 0 Å². The molecule has 6 aliphatic rings. The molecule has 69 heavy (non-hydrogen) atoms. The summed E-state index contributed by atoms with van der Waals surface area (Å²) >= 11 is 0. The number of benzene rings is 3. The molecule has 362 valence electrons. The number of imide groups is 1. The van der Waals surface area contributed by atoms with Gasteiger partial charge < -0.3 is 29.3 Å². The summed E-state index contributed by atoms with van der Waals surface area (Å²) < 4.78 is 71.7. The van der Waals surface area contributed by atoms with Crippen molar-refractivity contribution in [2.75, 3.05) is 55.5 Å². The summed E-state index contributed by atoms with van der Waals surface area (Å²) in [6.45, 7) is 1.87. The van der Waals surface area contributed by atoms with Crippen molar-refractivity contribution >= 4 is 56.1 Å². The Labute approximate surface area is 394 Å². The number of ether oxygens (including phenoxy) is 2. The SMILES string of the molecule is N#Cc1c(NS(=O)(=O)N2CCC(F)C2)ccc(F)c1Oc1ccc2ncn(C3COC4(CCN(C(=O)CC5(O)CCN(c6ccc7c(c6)CN([C@H]6CCC(=O)NC6=O)C7=O)CC5)CC4)C3)c(=O)c2c1. The number of hydrogen-bond acceptors (Lipinski definition) is 13. The van der Waals surface area contributed by atoms with Gasteiger partial charge in [-0.15, -0.1) is 0 Å². The number of nitrogens with one attached hydrogen (secondary N) is 2. The van der Waals surface area contributed by atoms with E-state index in [1.165, 1.54) is 34.0 Å². The van der Waals surface area contributed by atoms with Gasteiger partial charge in [0.2, 0.25) is 17.7 Å². The second-order valence-electron chi connectivity index (χ2n) is 18.9. The number of alkyl halides is 1. The number of aromatic nitrogens is 2. The number of amides is 4. The van der Waals surface area contributed by atoms with Gasteiger partial charge in [-0.2, -0.15) is 18.0 Å². The molecule has 19 nitrogen and oxygen atoms in total. The largest absolute Gasteiger partial charge is 0.453 e. The van der Waals surface area contributed by atoms with Crippen LogP contribution in [-0.4, -0.2) is 130 Å². The van der Waals surface area contributed by atoms with Crippen LogP contribution >= 0.6 is 0 Å². The molecule has 3 aromatic carbocycles. The number of carbonyl (C=O) groups excluding carboxylic acids is 4. The topological polar surface area (TPSA) is 237 Å². The molecule has 1 spiro atoms. The number of hydrogen-bond donors (Lipinski definition) is 3. The van der Waals surface area contributed by atoms with E-state index in [2.05, 4.69) is 19.9 Å². The van der Waals surface area contributed by atoms with Crippen molar-refractivity contribution in [1.29, 1.82) is 5.26 Å². The highest BCUT2D eigenvalue weighted by Crippen LogP contribution is 2.42. The lowest BCUT2D eigenvalue weighted by molar-refractivity contribution is -0.142. The van der Waals surface area contributed by atoms with Crippen LogP contribution in [0, 0.1) is 17.1 Å². The summed E-state index contributed by atoms with van der Waals surface area (Å²) in [5.41, 5.74) is -0.398. The predicted molar refractivity (Wildman–Crippen MR) is 242 cm³/mol. The summed E-state index contributed by atoms with van der Waals surface area (Å²) in [5, 5.41) is 24.1. The van der Waals surface area contributed by atoms with Crippen LogP contribution in [0.15, 0.2) is 59.7 Å². The lowest BCUT2D eigenvalue weighted by Gasteiger charge is -2.42. The van der Waals surface area contributed by atoms with Crippen molar-refractivity contribution in [2.24, 2.45) is 0 Å². The van der Waals surface area contributed by atoms with Crippen LogP contribution in [0.5, 0.6) is 11.5 Å². The van der Waals surface area contributed by atoms with Crippen LogP contribution in [0.25, 0.3) is 10.9 Å². The van der Waals surface area contributed by atoms with Crippen molar-refractivity contribution in [3.05, 3.63) is 87.7 Å². The molecule has 4 amide bonds. The van der Waals surface area contributed by atoms with Gasteiger partial charge in [-0.25, -0.2) is 13.8 Å². The maximum atomic E-state index is 15.2. The first-order chi connectivity index (χ1) is 33.0. The van der Waals surface area contributed by atoms with E-state index in [0.717, 1.165) is 27.7 Å². The van der Waals surface area contributed by atoms with Crippen molar-refractivity contribution in [2.45, 2.75) is 93.8 Å². The number of rotatable bonds is 10. The molecule has 0 saturated carbocycles. The zero-order chi connectivity index (χ0) is 48.4. The third kappa shape index (κ3) is 8.88. The molecule has 0 bridgehead atoms. The Balaban J connectivity index is 0.739. The lowest BCUT2D eigenvalue weighted by Crippen LogP contribution is -2.52. The van der Waals surface area contributed by atoms with Gasteiger partial charge in [-0.1, -0.05) is 0 Å². The van der Waals surface area contributed by atoms with Gasteiger partial charge in [0.05, 0.1) is 53.2 Å². The molecule has 10 rings (SSSR count). The first-order valence-electron chi connectivity index (χ1n) is 23.0. The Morgan fingerprint density at radius 3 is 2.52 bits per heavy atom. The van der Waals surface area contributed by atoms with Crippen molar-refractivity contribution < 1.29 is 51.0 Å². The molecule has 2 unspecified atom stereocenters. The number of fused-ring (bicyclic) bond motifs is 2. The van der Waals surface area contributed by atoms with Gasteiger partial charge >= 0.3 is 10.2 Å². The summed E-state index contributed by atoms with van der Waals surface area (Å²) in [6.07, 6.45) is 2.81. The van der Waals surface area contributed by atoms with E-state index in [9.17, 15) is 47.1 Å². The van der Waals surface area contributed by atoms with E-state index in [-0.39, 0.29) is 86.5 Å². The second-order valence-corrected chi connectivity index (χ2v) is 20.5. The van der Waals surface area contributed by atoms with Crippen LogP contribution < -0.4 is 25.2 Å². The average molecular weight is 970 g/mol. The Morgan fingerprint density at radius 2 is 1.80 bits per heavy atom. The van der Waals surface area contributed by atoms with Gasteiger partial charge in [0.25, 0.3) is 11.5 Å². The quantitative estimate of drug-likeness (QED) is 0.194. The molecule has 22 heteroatoms. The Bertz CT molecular complexity index is 3000. The number of anilines is 2. The first kappa shape index (κ1) is 46.2. The normalized spacial score (nSPS) is 23.6. The van der Waals surface area contributed by atoms with Gasteiger partial charge in [0.1, 0.15) is 29.6 Å². The van der Waals surface area contributed by atoms with E-state index in [1.807, 2.05) is 12.1 Å². The molecule has 7 heterocycles. The molecule has 3 N–H and O–H groups in total. The van der Waals surface area contributed by atoms with E-state index in [0.29, 0.717) is 69.4 Å². The van der Waals surface area contributed by atoms with E-state index >= 15 is 4.39 Å². The van der Waals surface area contributed by atoms with Crippen molar-refractivity contribution in [3.63, 3.8) is 0 Å². The molecule has 4 aromatic rings. The molecular weight excluding hydrogens is 921 g/mol. The number of nitrogens with zero attached hydrogens (tertiary/aromatic N) is 7. The molecular formula is C47H49F2N9O10S. The fourth-order valence-electron chi connectivity index (χ4n) is 10.5. The molecule has 5 saturated heterocycles. The maximum absolute atomic E-state index is 15.2. The third-order valence-corrected chi connectivity index (χ3v) is 16.0. The number of piperidine rings is 3. The van der Waals surface area contributed by atoms with E-state index < -0.39 is 68.3 Å². The fourth-order valence-corrected chi connectivity index (χ4v) is 11.8. The second kappa shape index (κ2) is 17.8. The number of nitriles is 1. The number of likely N-dealkylation sites (tertiary alicyclic amines) is 1. The lowest BCUT2D eigenvalue weighted by atomic mass is 9.85. The molecule has 6 aliphatic heterocycles. The van der Waals surface area contributed by atoms with Gasteiger partial charge in [0.15, 0.2) is 11.6 Å². The van der Waals surface area contributed by atoms with Crippen LogP contribution in [0.4, 0.5) is 20.2 Å². The minimum absolute atomic E-state index is 0.0137. The Morgan fingerprint density at radius 1 is 1.01 bits per heavy atom. The third-order valence-electron chi connectivity index (χ3n) is 14.5. The minimum Gasteiger partial charge on any atom is -0.453 e. The maximum Gasteiger partial charge on any atom is 0.301 e. The highest BCUT2D eigenvalue weighted by molar-refractivity contribution is 7.90. The smallest absolute Gasteiger partial charge is 0.301 e. The van der Waals surface area contributed by atoms with Crippen LogP contribution in [0.3, 0.4) is 0 Å². The number of carbonyl (C=O) groups is 4. The monoisotopic (exact) mass is 969 g/mol. The van der Waals surface area contributed by atoms with Gasteiger partial charge in [0, 0.05) is 63.5 Å². The summed E-state index contributed by atoms with van der Waals surface area (Å²) in [7, 11) is -4.27. The summed E-state index contributed by atoms with van der Waals surface area (Å²) in [4.78, 5) is 74.8. The standard InChI is InChI=1S/C47H49F2N9O10S/c48-29-9-14-56(25-29)69(65,66)53-38-6-4-36(49)42(35(38)23-50)68-32-2-5-37-34(20-32)45(63)58(27-51-37)31-21-47(67-26-31)12-17-55(18-13-47)41(60)22-46(64)10-15-54(16-11-46)30-1-3-33-28(19-30)24-57(44(33)62)39-7-8-40(59)52-43(39)61/h1-6,19-20,27,29,31,39,53,64H,7-18,21-22,24-26H2,(H,52,59,61)/t29?,31?,39-/m0/s1. The Hall–Kier alpha value is -6.54. The zero-order valence-electron chi connectivity index (χ0n) is 37.4. The molecule has 0 aliphatic carbocycles. The molecule has 0 radical (unpaired) electrons. The van der Waals surface area contributed by atoms with Crippen molar-refractivity contribution in [1.82, 2.24) is 29.0 Å². The average Bonchev–Trinajstić information content (AvgIpc) is 4.05. The van der Waals surface area contributed by atoms with Crippen molar-refractivity contribution in [3.8, 4) is 17.6 Å². The Kier molecular flexibility index (Phi) is 11.9. The van der Waals surface area contributed by atoms with Gasteiger partial charge in [-0.05, 0) is 99.0 Å². The summed E-state index contributed by atoms with van der Waals surface area (Å²) in [5.74, 6) is -2.75. The molecule has 1 aromatic heterocycles. The van der Waals surface area contributed by atoms with E-state index in [4.69, 9.17) is 9.47 Å². The first-order valence-corrected chi connectivity index (χ1v) is 24.4. The summed E-state index contributed by atoms with van der Waals surface area (Å²) in [6, 6.07) is 12.6.